The third kappa shape index (κ3) is 3.08. The van der Waals surface area contributed by atoms with Crippen LogP contribution in [0.5, 0.6) is 0 Å². The van der Waals surface area contributed by atoms with E-state index in [1.807, 2.05) is 12.1 Å². The van der Waals surface area contributed by atoms with E-state index >= 15 is 0 Å². The normalized spacial score (nSPS) is 14.6. The van der Waals surface area contributed by atoms with Crippen LogP contribution in [0.2, 0.25) is 0 Å². The number of carbonyl (C=O) groups excluding carboxylic acids is 1. The molecule has 0 spiro atoms. The topological polar surface area (TPSA) is 56.0 Å². The van der Waals surface area contributed by atoms with Gasteiger partial charge in [0.1, 0.15) is 5.78 Å². The first kappa shape index (κ1) is 12.1. The molecule has 3 rings (SSSR count). The molecule has 1 fully saturated rings. The molecule has 1 aliphatic carbocycles. The quantitative estimate of drug-likeness (QED) is 0.824. The zero-order valence-corrected chi connectivity index (χ0v) is 10.9. The van der Waals surface area contributed by atoms with Crippen molar-refractivity contribution < 1.29 is 9.32 Å². The lowest BCUT2D eigenvalue weighted by atomic mass is 10.1. The highest BCUT2D eigenvalue weighted by atomic mass is 16.5. The second-order valence-corrected chi connectivity index (χ2v) is 5.19. The second-order valence-electron chi connectivity index (χ2n) is 5.19. The fraction of sp³-hybridized carbons (Fsp3) is 0.400. The number of carbonyl (C=O) groups is 1. The van der Waals surface area contributed by atoms with Gasteiger partial charge in [-0.05, 0) is 25.3 Å². The standard InChI is InChI=1S/C15H16N2O2/c1-10-3-2-4-11(7-10)8-14-16-15(19-17-14)9-13(18)12-5-6-12/h2-4,7,12H,5-6,8-9H2,1H3. The minimum Gasteiger partial charge on any atom is -0.339 e. The molecule has 0 N–H and O–H groups in total. The van der Waals surface area contributed by atoms with E-state index in [1.54, 1.807) is 0 Å². The fourth-order valence-corrected chi connectivity index (χ4v) is 2.14. The molecule has 19 heavy (non-hydrogen) atoms. The second kappa shape index (κ2) is 4.96. The molecule has 0 radical (unpaired) electrons. The lowest BCUT2D eigenvalue weighted by Crippen LogP contribution is -2.05. The molecule has 0 bridgehead atoms. The Kier molecular flexibility index (Phi) is 3.15. The maximum Gasteiger partial charge on any atom is 0.234 e. The summed E-state index contributed by atoms with van der Waals surface area (Å²) in [5.74, 6) is 1.56. The first-order valence-electron chi connectivity index (χ1n) is 6.60. The smallest absolute Gasteiger partial charge is 0.234 e. The molecule has 98 valence electrons. The molecule has 0 atom stereocenters. The molecule has 1 aromatic heterocycles. The van der Waals surface area contributed by atoms with Gasteiger partial charge in [-0.2, -0.15) is 4.98 Å². The number of hydrogen-bond acceptors (Lipinski definition) is 4. The van der Waals surface area contributed by atoms with Gasteiger partial charge in [-0.15, -0.1) is 0 Å². The third-order valence-electron chi connectivity index (χ3n) is 3.31. The van der Waals surface area contributed by atoms with Crippen LogP contribution < -0.4 is 0 Å². The van der Waals surface area contributed by atoms with Crippen LogP contribution in [0, 0.1) is 12.8 Å². The molecule has 0 unspecified atom stereocenters. The highest BCUT2D eigenvalue weighted by Gasteiger charge is 2.30. The summed E-state index contributed by atoms with van der Waals surface area (Å²) in [5, 5.41) is 3.94. The third-order valence-corrected chi connectivity index (χ3v) is 3.31. The van der Waals surface area contributed by atoms with Gasteiger partial charge in [-0.25, -0.2) is 0 Å². The Balaban J connectivity index is 1.65. The number of aromatic nitrogens is 2. The van der Waals surface area contributed by atoms with E-state index in [2.05, 4.69) is 29.2 Å². The Labute approximate surface area is 111 Å². The number of aryl methyl sites for hydroxylation is 1. The Morgan fingerprint density at radius 1 is 1.42 bits per heavy atom. The van der Waals surface area contributed by atoms with Crippen molar-refractivity contribution in [2.45, 2.75) is 32.6 Å². The first-order chi connectivity index (χ1) is 9.20. The van der Waals surface area contributed by atoms with Crippen molar-refractivity contribution in [2.24, 2.45) is 5.92 Å². The van der Waals surface area contributed by atoms with Crippen LogP contribution in [0.15, 0.2) is 28.8 Å². The van der Waals surface area contributed by atoms with Gasteiger partial charge in [-0.1, -0.05) is 35.0 Å². The Hall–Kier alpha value is -1.97. The van der Waals surface area contributed by atoms with Crippen LogP contribution in [0.3, 0.4) is 0 Å². The minimum atomic E-state index is 0.228. The number of nitrogens with zero attached hydrogens (tertiary/aromatic N) is 2. The Bertz CT molecular complexity index is 600. The van der Waals surface area contributed by atoms with E-state index < -0.39 is 0 Å². The van der Waals surface area contributed by atoms with Gasteiger partial charge in [0.2, 0.25) is 5.89 Å². The number of benzene rings is 1. The molecule has 0 saturated heterocycles. The number of Topliss-reactive ketones (excluding diaryl/α,β-unsaturated/α-hetero) is 1. The lowest BCUT2D eigenvalue weighted by molar-refractivity contribution is -0.119. The first-order valence-corrected chi connectivity index (χ1v) is 6.60. The van der Waals surface area contributed by atoms with Crippen LogP contribution in [0.25, 0.3) is 0 Å². The molecule has 2 aromatic rings. The van der Waals surface area contributed by atoms with Crippen molar-refractivity contribution in [2.75, 3.05) is 0 Å². The van der Waals surface area contributed by atoms with Crippen molar-refractivity contribution in [3.63, 3.8) is 0 Å². The summed E-state index contributed by atoms with van der Waals surface area (Å²) >= 11 is 0. The largest absolute Gasteiger partial charge is 0.339 e. The average molecular weight is 256 g/mol. The predicted octanol–water partition coefficient (Wildman–Crippen LogP) is 2.49. The van der Waals surface area contributed by atoms with E-state index in [1.165, 1.54) is 5.56 Å². The molecule has 0 amide bonds. The van der Waals surface area contributed by atoms with Gasteiger partial charge >= 0.3 is 0 Å². The van der Waals surface area contributed by atoms with Gasteiger partial charge in [0.15, 0.2) is 5.82 Å². The van der Waals surface area contributed by atoms with E-state index in [4.69, 9.17) is 4.52 Å². The summed E-state index contributed by atoms with van der Waals surface area (Å²) in [6, 6.07) is 8.21. The van der Waals surface area contributed by atoms with Crippen molar-refractivity contribution in [1.82, 2.24) is 10.1 Å². The van der Waals surface area contributed by atoms with Crippen molar-refractivity contribution in [3.05, 3.63) is 47.1 Å². The molecule has 1 heterocycles. The van der Waals surface area contributed by atoms with Crippen molar-refractivity contribution >= 4 is 5.78 Å². The molecular formula is C15H16N2O2. The molecule has 4 heteroatoms. The number of rotatable bonds is 5. The van der Waals surface area contributed by atoms with E-state index in [-0.39, 0.29) is 18.1 Å². The van der Waals surface area contributed by atoms with Gasteiger partial charge < -0.3 is 4.52 Å². The van der Waals surface area contributed by atoms with E-state index in [0.29, 0.717) is 18.1 Å². The van der Waals surface area contributed by atoms with Gasteiger partial charge in [-0.3, -0.25) is 4.79 Å². The lowest BCUT2D eigenvalue weighted by Gasteiger charge is -1.97. The van der Waals surface area contributed by atoms with E-state index in [9.17, 15) is 4.79 Å². The zero-order chi connectivity index (χ0) is 13.2. The molecule has 1 aliphatic rings. The molecule has 1 saturated carbocycles. The molecule has 0 aliphatic heterocycles. The maximum absolute atomic E-state index is 11.7. The summed E-state index contributed by atoms with van der Waals surface area (Å²) in [6.45, 7) is 2.06. The van der Waals surface area contributed by atoms with Crippen LogP contribution in [0.4, 0.5) is 0 Å². The average Bonchev–Trinajstić information content (AvgIpc) is 3.13. The summed E-state index contributed by atoms with van der Waals surface area (Å²) < 4.78 is 5.13. The Morgan fingerprint density at radius 2 is 2.26 bits per heavy atom. The fourth-order valence-electron chi connectivity index (χ4n) is 2.14. The number of hydrogen-bond donors (Lipinski definition) is 0. The molecule has 1 aromatic carbocycles. The van der Waals surface area contributed by atoms with Crippen LogP contribution in [-0.4, -0.2) is 15.9 Å². The summed E-state index contributed by atoms with van der Waals surface area (Å²) in [6.07, 6.45) is 2.96. The summed E-state index contributed by atoms with van der Waals surface area (Å²) in [4.78, 5) is 15.9. The molecule has 4 nitrogen and oxygen atoms in total. The van der Waals surface area contributed by atoms with Crippen LogP contribution in [-0.2, 0) is 17.6 Å². The highest BCUT2D eigenvalue weighted by molar-refractivity contribution is 5.84. The monoisotopic (exact) mass is 256 g/mol. The predicted molar refractivity (Wildman–Crippen MR) is 69.7 cm³/mol. The summed E-state index contributed by atoms with van der Waals surface area (Å²) in [7, 11) is 0. The van der Waals surface area contributed by atoms with Crippen molar-refractivity contribution in [1.29, 1.82) is 0 Å². The van der Waals surface area contributed by atoms with Crippen molar-refractivity contribution in [3.8, 4) is 0 Å². The molecular weight excluding hydrogens is 240 g/mol. The maximum atomic E-state index is 11.7. The zero-order valence-electron chi connectivity index (χ0n) is 10.9. The summed E-state index contributed by atoms with van der Waals surface area (Å²) in [5.41, 5.74) is 2.37. The number of ketones is 1. The minimum absolute atomic E-state index is 0.228. The SMILES string of the molecule is Cc1cccc(Cc2noc(CC(=O)C3CC3)n2)c1. The van der Waals surface area contributed by atoms with Gasteiger partial charge in [0.05, 0.1) is 6.42 Å². The highest BCUT2D eigenvalue weighted by Crippen LogP contribution is 2.30. The van der Waals surface area contributed by atoms with Crippen LogP contribution in [0.1, 0.15) is 35.7 Å². The van der Waals surface area contributed by atoms with Gasteiger partial charge in [0.25, 0.3) is 0 Å². The van der Waals surface area contributed by atoms with Crippen LogP contribution >= 0.6 is 0 Å². The van der Waals surface area contributed by atoms with E-state index in [0.717, 1.165) is 18.4 Å². The Morgan fingerprint density at radius 3 is 3.00 bits per heavy atom. The van der Waals surface area contributed by atoms with Gasteiger partial charge in [0, 0.05) is 12.3 Å².